The van der Waals surface area contributed by atoms with Crippen LogP contribution in [0, 0.1) is 6.92 Å². The summed E-state index contributed by atoms with van der Waals surface area (Å²) in [5.41, 5.74) is 2.80. The van der Waals surface area contributed by atoms with Gasteiger partial charge in [0.25, 0.3) is 0 Å². The molecule has 0 unspecified atom stereocenters. The molecule has 2 aromatic heterocycles. The molecule has 0 atom stereocenters. The average Bonchev–Trinajstić information content (AvgIpc) is 2.75. The molecule has 0 saturated carbocycles. The van der Waals surface area contributed by atoms with Crippen molar-refractivity contribution in [2.45, 2.75) is 6.92 Å². The minimum absolute atomic E-state index is 0.218. The van der Waals surface area contributed by atoms with Crippen molar-refractivity contribution in [1.29, 1.82) is 0 Å². The minimum atomic E-state index is 0.218. The van der Waals surface area contributed by atoms with Gasteiger partial charge < -0.3 is 0 Å². The zero-order chi connectivity index (χ0) is 12.7. The van der Waals surface area contributed by atoms with Crippen molar-refractivity contribution in [3.63, 3.8) is 0 Å². The van der Waals surface area contributed by atoms with Crippen LogP contribution in [-0.2, 0) is 0 Å². The predicted octanol–water partition coefficient (Wildman–Crippen LogP) is 3.54. The Labute approximate surface area is 117 Å². The Kier molecular flexibility index (Phi) is 2.80. The van der Waals surface area contributed by atoms with Crippen LogP contribution in [0.4, 0.5) is 0 Å². The maximum atomic E-state index is 5.82. The molecule has 0 aliphatic heterocycles. The molecule has 0 radical (unpaired) electrons. The molecule has 0 amide bonds. The summed E-state index contributed by atoms with van der Waals surface area (Å²) in [4.78, 5) is 8.14. The molecule has 6 heteroatoms. The topological polar surface area (TPSA) is 43.6 Å². The summed E-state index contributed by atoms with van der Waals surface area (Å²) in [6.07, 6.45) is 3.39. The van der Waals surface area contributed by atoms with Gasteiger partial charge in [-0.3, -0.25) is 0 Å². The fourth-order valence-electron chi connectivity index (χ4n) is 1.70. The van der Waals surface area contributed by atoms with Gasteiger partial charge in [-0.05, 0) is 36.2 Å². The van der Waals surface area contributed by atoms with Crippen molar-refractivity contribution >= 4 is 38.6 Å². The lowest BCUT2D eigenvalue weighted by atomic mass is 10.2. The van der Waals surface area contributed by atoms with E-state index in [2.05, 4.69) is 31.0 Å². The van der Waals surface area contributed by atoms with Crippen LogP contribution in [0.25, 0.3) is 16.7 Å². The highest BCUT2D eigenvalue weighted by Gasteiger charge is 2.08. The Morgan fingerprint density at radius 2 is 2.11 bits per heavy atom. The van der Waals surface area contributed by atoms with E-state index in [1.165, 1.54) is 5.56 Å². The molecule has 0 fully saturated rings. The van der Waals surface area contributed by atoms with Crippen LogP contribution in [0.2, 0.25) is 5.28 Å². The largest absolute Gasteiger partial charge is 0.226 e. The summed E-state index contributed by atoms with van der Waals surface area (Å²) in [7, 11) is 0. The molecular formula is C12H8BrClN4. The SMILES string of the molecule is Cc1ccc(-n2ncc3cnc(Cl)nc32)cc1Br. The Balaban J connectivity index is 2.24. The second-order valence-corrected chi connectivity index (χ2v) is 5.10. The lowest BCUT2D eigenvalue weighted by molar-refractivity contribution is 0.893. The summed E-state index contributed by atoms with van der Waals surface area (Å²) in [5, 5.41) is 5.39. The van der Waals surface area contributed by atoms with Gasteiger partial charge in [0, 0.05) is 10.7 Å². The molecule has 0 bridgehead atoms. The monoisotopic (exact) mass is 322 g/mol. The highest BCUT2D eigenvalue weighted by atomic mass is 79.9. The third-order valence-corrected chi connectivity index (χ3v) is 3.72. The summed E-state index contributed by atoms with van der Waals surface area (Å²) in [6, 6.07) is 6.01. The Bertz CT molecular complexity index is 738. The Hall–Kier alpha value is -1.46. The maximum Gasteiger partial charge on any atom is 0.224 e. The van der Waals surface area contributed by atoms with E-state index in [4.69, 9.17) is 11.6 Å². The second kappa shape index (κ2) is 4.33. The molecule has 0 saturated heterocycles. The quantitative estimate of drug-likeness (QED) is 0.643. The van der Waals surface area contributed by atoms with Crippen LogP contribution >= 0.6 is 27.5 Å². The first-order valence-electron chi connectivity index (χ1n) is 5.28. The summed E-state index contributed by atoms with van der Waals surface area (Å²) in [6.45, 7) is 2.04. The first kappa shape index (κ1) is 11.6. The van der Waals surface area contributed by atoms with Crippen LogP contribution < -0.4 is 0 Å². The lowest BCUT2D eigenvalue weighted by Gasteiger charge is -2.05. The van der Waals surface area contributed by atoms with Crippen molar-refractivity contribution in [1.82, 2.24) is 19.7 Å². The number of halogens is 2. The first-order valence-corrected chi connectivity index (χ1v) is 6.45. The fraction of sp³-hybridized carbons (Fsp3) is 0.0833. The Morgan fingerprint density at radius 1 is 1.28 bits per heavy atom. The zero-order valence-corrected chi connectivity index (χ0v) is 11.8. The van der Waals surface area contributed by atoms with Crippen LogP contribution in [-0.4, -0.2) is 19.7 Å². The third-order valence-electron chi connectivity index (χ3n) is 2.68. The molecule has 0 N–H and O–H groups in total. The number of fused-ring (bicyclic) bond motifs is 1. The first-order chi connectivity index (χ1) is 8.65. The number of nitrogens with zero attached hydrogens (tertiary/aromatic N) is 4. The van der Waals surface area contributed by atoms with Crippen LogP contribution in [0.15, 0.2) is 35.1 Å². The van der Waals surface area contributed by atoms with Gasteiger partial charge in [-0.1, -0.05) is 22.0 Å². The number of benzene rings is 1. The summed E-state index contributed by atoms with van der Waals surface area (Å²) < 4.78 is 2.77. The van der Waals surface area contributed by atoms with E-state index in [9.17, 15) is 0 Å². The zero-order valence-electron chi connectivity index (χ0n) is 9.43. The van der Waals surface area contributed by atoms with Crippen LogP contribution in [0.1, 0.15) is 5.56 Å². The molecule has 4 nitrogen and oxygen atoms in total. The molecular weight excluding hydrogens is 316 g/mol. The molecule has 1 aromatic carbocycles. The fourth-order valence-corrected chi connectivity index (χ4v) is 2.19. The molecule has 18 heavy (non-hydrogen) atoms. The normalized spacial score (nSPS) is 11.1. The molecule has 3 aromatic rings. The molecule has 2 heterocycles. The lowest BCUT2D eigenvalue weighted by Crippen LogP contribution is -1.98. The standard InChI is InChI=1S/C12H8BrClN4/c1-7-2-3-9(4-10(7)13)18-11-8(6-16-18)5-15-12(14)17-11/h2-6H,1H3. The molecule has 90 valence electrons. The van der Waals surface area contributed by atoms with E-state index in [0.717, 1.165) is 15.5 Å². The van der Waals surface area contributed by atoms with Gasteiger partial charge in [0.1, 0.15) is 0 Å². The number of hydrogen-bond donors (Lipinski definition) is 0. The van der Waals surface area contributed by atoms with Crippen LogP contribution in [0.3, 0.4) is 0 Å². The van der Waals surface area contributed by atoms with E-state index in [1.807, 2.05) is 25.1 Å². The molecule has 0 spiro atoms. The van der Waals surface area contributed by atoms with Crippen molar-refractivity contribution in [3.8, 4) is 5.69 Å². The molecule has 0 aliphatic rings. The number of rotatable bonds is 1. The number of hydrogen-bond acceptors (Lipinski definition) is 3. The smallest absolute Gasteiger partial charge is 0.224 e. The predicted molar refractivity (Wildman–Crippen MR) is 74.1 cm³/mol. The second-order valence-electron chi connectivity index (χ2n) is 3.91. The Morgan fingerprint density at radius 3 is 2.89 bits per heavy atom. The molecule has 3 rings (SSSR count). The summed E-state index contributed by atoms with van der Waals surface area (Å²) >= 11 is 9.33. The average molecular weight is 324 g/mol. The van der Waals surface area contributed by atoms with E-state index in [-0.39, 0.29) is 5.28 Å². The van der Waals surface area contributed by atoms with Crippen molar-refractivity contribution < 1.29 is 0 Å². The number of aryl methyl sites for hydroxylation is 1. The highest BCUT2D eigenvalue weighted by molar-refractivity contribution is 9.10. The van der Waals surface area contributed by atoms with Gasteiger partial charge in [-0.2, -0.15) is 10.1 Å². The van der Waals surface area contributed by atoms with E-state index in [1.54, 1.807) is 17.1 Å². The number of aromatic nitrogens is 4. The maximum absolute atomic E-state index is 5.82. The third kappa shape index (κ3) is 1.89. The van der Waals surface area contributed by atoms with Gasteiger partial charge in [-0.15, -0.1) is 0 Å². The van der Waals surface area contributed by atoms with Gasteiger partial charge in [0.05, 0.1) is 17.3 Å². The van der Waals surface area contributed by atoms with Gasteiger partial charge >= 0.3 is 0 Å². The van der Waals surface area contributed by atoms with E-state index in [0.29, 0.717) is 5.65 Å². The van der Waals surface area contributed by atoms with Crippen molar-refractivity contribution in [2.24, 2.45) is 0 Å². The van der Waals surface area contributed by atoms with Crippen molar-refractivity contribution in [2.75, 3.05) is 0 Å². The van der Waals surface area contributed by atoms with E-state index < -0.39 is 0 Å². The highest BCUT2D eigenvalue weighted by Crippen LogP contribution is 2.22. The van der Waals surface area contributed by atoms with E-state index >= 15 is 0 Å². The van der Waals surface area contributed by atoms with Crippen molar-refractivity contribution in [3.05, 3.63) is 45.9 Å². The van der Waals surface area contributed by atoms with Gasteiger partial charge in [-0.25, -0.2) is 9.67 Å². The minimum Gasteiger partial charge on any atom is -0.226 e. The van der Waals surface area contributed by atoms with Gasteiger partial charge in [0.15, 0.2) is 5.65 Å². The van der Waals surface area contributed by atoms with Crippen LogP contribution in [0.5, 0.6) is 0 Å². The van der Waals surface area contributed by atoms with Gasteiger partial charge in [0.2, 0.25) is 5.28 Å². The summed E-state index contributed by atoms with van der Waals surface area (Å²) in [5.74, 6) is 0. The molecule has 0 aliphatic carbocycles.